The lowest BCUT2D eigenvalue weighted by Gasteiger charge is -2.17. The van der Waals surface area contributed by atoms with Gasteiger partial charge < -0.3 is 10.1 Å². The number of ether oxygens (including phenoxy) is 1. The average Bonchev–Trinajstić information content (AvgIpc) is 2.24. The van der Waals surface area contributed by atoms with Gasteiger partial charge in [-0.2, -0.15) is 0 Å². The summed E-state index contributed by atoms with van der Waals surface area (Å²) in [6.45, 7) is 5.59. The summed E-state index contributed by atoms with van der Waals surface area (Å²) in [5, 5.41) is 3.26. The first-order valence-corrected chi connectivity index (χ1v) is 5.99. The van der Waals surface area contributed by atoms with E-state index in [1.54, 1.807) is 0 Å². The van der Waals surface area contributed by atoms with Gasteiger partial charge in [-0.15, -0.1) is 0 Å². The summed E-state index contributed by atoms with van der Waals surface area (Å²) in [6.07, 6.45) is 0. The van der Waals surface area contributed by atoms with E-state index in [-0.39, 0.29) is 6.04 Å². The molecule has 3 heteroatoms. The van der Waals surface area contributed by atoms with E-state index >= 15 is 0 Å². The second-order valence-electron chi connectivity index (χ2n) is 3.51. The molecule has 0 spiro atoms. The third-order valence-corrected chi connectivity index (χ3v) is 3.31. The van der Waals surface area contributed by atoms with Crippen LogP contribution in [0.15, 0.2) is 22.7 Å². The molecule has 0 aliphatic heterocycles. The summed E-state index contributed by atoms with van der Waals surface area (Å²) < 4.78 is 6.59. The predicted molar refractivity (Wildman–Crippen MR) is 67.2 cm³/mol. The van der Waals surface area contributed by atoms with Crippen LogP contribution in [0.1, 0.15) is 24.1 Å². The molecule has 1 aromatic rings. The summed E-state index contributed by atoms with van der Waals surface area (Å²) in [5.41, 5.74) is 2.52. The molecule has 0 aliphatic rings. The fourth-order valence-electron chi connectivity index (χ4n) is 1.47. The van der Waals surface area contributed by atoms with Crippen LogP contribution in [0, 0.1) is 6.92 Å². The maximum Gasteiger partial charge on any atom is 0.0661 e. The molecule has 1 unspecified atom stereocenters. The molecule has 15 heavy (non-hydrogen) atoms. The van der Waals surface area contributed by atoms with Gasteiger partial charge >= 0.3 is 0 Å². The molecule has 0 saturated heterocycles. The number of benzene rings is 1. The number of rotatable bonds is 5. The van der Waals surface area contributed by atoms with Crippen LogP contribution in [0.4, 0.5) is 0 Å². The number of likely N-dealkylation sites (N-methyl/N-ethyl adjacent to an activating group) is 1. The largest absolute Gasteiger partial charge is 0.380 e. The van der Waals surface area contributed by atoms with E-state index in [9.17, 15) is 0 Å². The van der Waals surface area contributed by atoms with Gasteiger partial charge in [0.2, 0.25) is 0 Å². The van der Waals surface area contributed by atoms with Gasteiger partial charge in [-0.05, 0) is 38.1 Å². The second-order valence-corrected chi connectivity index (χ2v) is 4.36. The van der Waals surface area contributed by atoms with Gasteiger partial charge in [-0.1, -0.05) is 28.1 Å². The molecular formula is C12H18BrNO. The first kappa shape index (κ1) is 12.7. The Bertz CT molecular complexity index is 314. The highest BCUT2D eigenvalue weighted by Crippen LogP contribution is 2.21. The number of hydrogen-bond donors (Lipinski definition) is 1. The van der Waals surface area contributed by atoms with Gasteiger partial charge in [0.1, 0.15) is 0 Å². The van der Waals surface area contributed by atoms with Crippen molar-refractivity contribution in [2.24, 2.45) is 0 Å². The fourth-order valence-corrected chi connectivity index (χ4v) is 1.71. The fraction of sp³-hybridized carbons (Fsp3) is 0.500. The van der Waals surface area contributed by atoms with Crippen molar-refractivity contribution in [3.8, 4) is 0 Å². The van der Waals surface area contributed by atoms with Gasteiger partial charge in [0.05, 0.1) is 12.6 Å². The molecule has 0 saturated carbocycles. The molecule has 84 valence electrons. The first-order chi connectivity index (χ1) is 7.19. The summed E-state index contributed by atoms with van der Waals surface area (Å²) in [4.78, 5) is 0. The molecule has 0 bridgehead atoms. The molecule has 1 N–H and O–H groups in total. The zero-order valence-corrected chi connectivity index (χ0v) is 11.1. The minimum Gasteiger partial charge on any atom is -0.380 e. The van der Waals surface area contributed by atoms with Crippen LogP contribution in [-0.4, -0.2) is 20.3 Å². The van der Waals surface area contributed by atoms with Crippen LogP contribution in [0.2, 0.25) is 0 Å². The topological polar surface area (TPSA) is 21.3 Å². The minimum absolute atomic E-state index is 0.275. The Balaban J connectivity index is 2.78. The zero-order valence-electron chi connectivity index (χ0n) is 9.51. The molecule has 1 atom stereocenters. The summed E-state index contributed by atoms with van der Waals surface area (Å²) in [5.74, 6) is 0. The van der Waals surface area contributed by atoms with Crippen LogP contribution in [0.3, 0.4) is 0 Å². The molecule has 1 rings (SSSR count). The Kier molecular flexibility index (Phi) is 5.29. The van der Waals surface area contributed by atoms with Gasteiger partial charge in [0, 0.05) is 11.1 Å². The normalized spacial score (nSPS) is 12.8. The van der Waals surface area contributed by atoms with Crippen molar-refractivity contribution in [3.05, 3.63) is 33.8 Å². The number of hydrogen-bond acceptors (Lipinski definition) is 2. The van der Waals surface area contributed by atoms with Crippen molar-refractivity contribution < 1.29 is 4.74 Å². The molecular weight excluding hydrogens is 254 g/mol. The van der Waals surface area contributed by atoms with E-state index in [0.717, 1.165) is 11.1 Å². The van der Waals surface area contributed by atoms with E-state index in [0.29, 0.717) is 6.61 Å². The Labute approximate surface area is 100 Å². The maximum atomic E-state index is 5.44. The highest BCUT2D eigenvalue weighted by Gasteiger charge is 2.09. The van der Waals surface area contributed by atoms with Crippen LogP contribution < -0.4 is 5.32 Å². The minimum atomic E-state index is 0.275. The highest BCUT2D eigenvalue weighted by atomic mass is 79.9. The van der Waals surface area contributed by atoms with Gasteiger partial charge in [0.25, 0.3) is 0 Å². The standard InChI is InChI=1S/C12H18BrNO/c1-4-15-8-12(14-3)10-5-6-11(13)9(2)7-10/h5-7,12,14H,4,8H2,1-3H3. The Hall–Kier alpha value is -0.380. The average molecular weight is 272 g/mol. The van der Waals surface area contributed by atoms with E-state index in [1.165, 1.54) is 11.1 Å². The second kappa shape index (κ2) is 6.26. The zero-order chi connectivity index (χ0) is 11.3. The monoisotopic (exact) mass is 271 g/mol. The molecule has 1 aromatic carbocycles. The van der Waals surface area contributed by atoms with Crippen molar-refractivity contribution in [3.63, 3.8) is 0 Å². The van der Waals surface area contributed by atoms with Crippen molar-refractivity contribution in [1.82, 2.24) is 5.32 Å². The van der Waals surface area contributed by atoms with Crippen molar-refractivity contribution in [2.75, 3.05) is 20.3 Å². The van der Waals surface area contributed by atoms with Gasteiger partial charge in [0.15, 0.2) is 0 Å². The molecule has 0 aliphatic carbocycles. The molecule has 0 heterocycles. The Morgan fingerprint density at radius 1 is 1.47 bits per heavy atom. The maximum absolute atomic E-state index is 5.44. The SMILES string of the molecule is CCOCC(NC)c1ccc(Br)c(C)c1. The van der Waals surface area contributed by atoms with Crippen molar-refractivity contribution in [1.29, 1.82) is 0 Å². The van der Waals surface area contributed by atoms with Crippen molar-refractivity contribution in [2.45, 2.75) is 19.9 Å². The molecule has 0 fully saturated rings. The van der Waals surface area contributed by atoms with Crippen molar-refractivity contribution >= 4 is 15.9 Å². The predicted octanol–water partition coefficient (Wildman–Crippen LogP) is 3.05. The van der Waals surface area contributed by atoms with E-state index in [2.05, 4.69) is 46.4 Å². The third kappa shape index (κ3) is 3.59. The smallest absolute Gasteiger partial charge is 0.0661 e. The third-order valence-electron chi connectivity index (χ3n) is 2.42. The van der Waals surface area contributed by atoms with Crippen LogP contribution >= 0.6 is 15.9 Å². The van der Waals surface area contributed by atoms with Crippen LogP contribution in [-0.2, 0) is 4.74 Å². The lowest BCUT2D eigenvalue weighted by molar-refractivity contribution is 0.125. The first-order valence-electron chi connectivity index (χ1n) is 5.20. The Morgan fingerprint density at radius 3 is 2.73 bits per heavy atom. The quantitative estimate of drug-likeness (QED) is 0.889. The number of aryl methyl sites for hydroxylation is 1. The number of halogens is 1. The van der Waals surface area contributed by atoms with Crippen LogP contribution in [0.5, 0.6) is 0 Å². The van der Waals surface area contributed by atoms with Gasteiger partial charge in [-0.3, -0.25) is 0 Å². The summed E-state index contributed by atoms with van der Waals surface area (Å²) in [6, 6.07) is 6.67. The van der Waals surface area contributed by atoms with E-state index < -0.39 is 0 Å². The molecule has 0 radical (unpaired) electrons. The highest BCUT2D eigenvalue weighted by molar-refractivity contribution is 9.10. The summed E-state index contributed by atoms with van der Waals surface area (Å²) in [7, 11) is 1.96. The van der Waals surface area contributed by atoms with E-state index in [4.69, 9.17) is 4.74 Å². The lowest BCUT2D eigenvalue weighted by Crippen LogP contribution is -2.21. The van der Waals surface area contributed by atoms with Gasteiger partial charge in [-0.25, -0.2) is 0 Å². The Morgan fingerprint density at radius 2 is 2.20 bits per heavy atom. The molecule has 2 nitrogen and oxygen atoms in total. The molecule has 0 aromatic heterocycles. The number of nitrogens with one attached hydrogen (secondary N) is 1. The van der Waals surface area contributed by atoms with Crippen LogP contribution in [0.25, 0.3) is 0 Å². The lowest BCUT2D eigenvalue weighted by atomic mass is 10.1. The summed E-state index contributed by atoms with van der Waals surface area (Å²) >= 11 is 3.50. The molecule has 0 amide bonds. The van der Waals surface area contributed by atoms with E-state index in [1.807, 2.05) is 14.0 Å².